The van der Waals surface area contributed by atoms with Crippen molar-refractivity contribution in [2.24, 2.45) is 5.73 Å². The Balaban J connectivity index is 2.12. The van der Waals surface area contributed by atoms with Crippen LogP contribution in [0.4, 0.5) is 0 Å². The number of hydrogen-bond acceptors (Lipinski definition) is 3. The summed E-state index contributed by atoms with van der Waals surface area (Å²) in [6, 6.07) is 13.3. The fourth-order valence-corrected chi connectivity index (χ4v) is 3.80. The molecule has 0 aliphatic carbocycles. The third-order valence-corrected chi connectivity index (χ3v) is 5.37. The first kappa shape index (κ1) is 15.7. The van der Waals surface area contributed by atoms with Crippen LogP contribution in [-0.4, -0.2) is 24.5 Å². The van der Waals surface area contributed by atoms with E-state index >= 15 is 0 Å². The largest absolute Gasteiger partial charge is 0.329 e. The third-order valence-electron chi connectivity index (χ3n) is 3.75. The normalized spacial score (nSPS) is 14.4. The summed E-state index contributed by atoms with van der Waals surface area (Å²) < 4.78 is 1.13. The van der Waals surface area contributed by atoms with E-state index in [0.717, 1.165) is 10.9 Å². The van der Waals surface area contributed by atoms with Gasteiger partial charge in [0.15, 0.2) is 0 Å². The number of likely N-dealkylation sites (N-methyl/N-ethyl adjacent to an activating group) is 1. The van der Waals surface area contributed by atoms with E-state index in [2.05, 4.69) is 70.5 Å². The lowest BCUT2D eigenvalue weighted by Gasteiger charge is -2.33. The van der Waals surface area contributed by atoms with Crippen LogP contribution >= 0.6 is 27.3 Å². The van der Waals surface area contributed by atoms with Crippen LogP contribution in [0.25, 0.3) is 0 Å². The van der Waals surface area contributed by atoms with Crippen LogP contribution in [0.1, 0.15) is 23.4 Å². The number of halogens is 1. The molecule has 0 spiro atoms. The van der Waals surface area contributed by atoms with E-state index in [4.69, 9.17) is 5.73 Å². The molecule has 0 saturated heterocycles. The quantitative estimate of drug-likeness (QED) is 0.848. The molecule has 0 fully saturated rings. The molecule has 2 nitrogen and oxygen atoms in total. The smallest absolute Gasteiger partial charge is 0.0481 e. The van der Waals surface area contributed by atoms with E-state index in [9.17, 15) is 0 Å². The van der Waals surface area contributed by atoms with E-state index in [-0.39, 0.29) is 6.04 Å². The number of nitrogens with zero attached hydrogens (tertiary/aromatic N) is 1. The Kier molecular flexibility index (Phi) is 5.78. The van der Waals surface area contributed by atoms with Crippen molar-refractivity contribution >= 4 is 27.3 Å². The van der Waals surface area contributed by atoms with E-state index < -0.39 is 0 Å². The summed E-state index contributed by atoms with van der Waals surface area (Å²) in [5.41, 5.74) is 7.29. The second-order valence-electron chi connectivity index (χ2n) is 5.07. The summed E-state index contributed by atoms with van der Waals surface area (Å²) in [5.74, 6) is 0. The number of hydrogen-bond donors (Lipinski definition) is 1. The molecule has 2 atom stereocenters. The second-order valence-corrected chi connectivity index (χ2v) is 6.96. The molecule has 2 rings (SSSR count). The van der Waals surface area contributed by atoms with Gasteiger partial charge in [-0.05, 0) is 43.5 Å². The zero-order chi connectivity index (χ0) is 14.5. The molecule has 0 bridgehead atoms. The van der Waals surface area contributed by atoms with Gasteiger partial charge in [0.1, 0.15) is 0 Å². The van der Waals surface area contributed by atoms with Crippen LogP contribution in [-0.2, 0) is 6.42 Å². The van der Waals surface area contributed by atoms with Crippen LogP contribution in [0.2, 0.25) is 0 Å². The molecule has 20 heavy (non-hydrogen) atoms. The molecule has 0 radical (unpaired) electrons. The number of thiophene rings is 1. The van der Waals surface area contributed by atoms with Gasteiger partial charge in [0.2, 0.25) is 0 Å². The highest BCUT2D eigenvalue weighted by Gasteiger charge is 2.22. The minimum Gasteiger partial charge on any atom is -0.329 e. The van der Waals surface area contributed by atoms with E-state index in [1.807, 2.05) is 17.4 Å². The van der Waals surface area contributed by atoms with Gasteiger partial charge in [0.25, 0.3) is 0 Å². The Morgan fingerprint density at radius 3 is 2.60 bits per heavy atom. The minimum atomic E-state index is 0.237. The first-order valence-corrected chi connectivity index (χ1v) is 8.49. The molecule has 2 aromatic rings. The number of benzene rings is 1. The highest BCUT2D eigenvalue weighted by atomic mass is 79.9. The zero-order valence-corrected chi connectivity index (χ0v) is 14.3. The van der Waals surface area contributed by atoms with Gasteiger partial charge in [-0.15, -0.1) is 11.3 Å². The van der Waals surface area contributed by atoms with Gasteiger partial charge in [0.05, 0.1) is 0 Å². The fourth-order valence-electron chi connectivity index (χ4n) is 2.43. The summed E-state index contributed by atoms with van der Waals surface area (Å²) in [6.45, 7) is 2.88. The Morgan fingerprint density at radius 1 is 1.25 bits per heavy atom. The van der Waals surface area contributed by atoms with Crippen molar-refractivity contribution in [3.8, 4) is 0 Å². The van der Waals surface area contributed by atoms with E-state index in [1.54, 1.807) is 0 Å². The maximum atomic E-state index is 6.03. The third kappa shape index (κ3) is 3.70. The Labute approximate surface area is 133 Å². The van der Waals surface area contributed by atoms with Crippen LogP contribution in [0.3, 0.4) is 0 Å². The number of rotatable bonds is 6. The maximum absolute atomic E-state index is 6.03. The van der Waals surface area contributed by atoms with Crippen molar-refractivity contribution in [2.45, 2.75) is 25.4 Å². The monoisotopic (exact) mass is 352 g/mol. The van der Waals surface area contributed by atoms with E-state index in [1.165, 1.54) is 10.4 Å². The predicted octanol–water partition coefficient (Wildman–Crippen LogP) is 4.07. The minimum absolute atomic E-state index is 0.237. The average molecular weight is 353 g/mol. The zero-order valence-electron chi connectivity index (χ0n) is 11.9. The van der Waals surface area contributed by atoms with Gasteiger partial charge < -0.3 is 5.73 Å². The Bertz CT molecular complexity index is 527. The topological polar surface area (TPSA) is 29.3 Å². The highest BCUT2D eigenvalue weighted by molar-refractivity contribution is 9.10. The van der Waals surface area contributed by atoms with Gasteiger partial charge in [-0.1, -0.05) is 40.2 Å². The molecule has 1 aromatic carbocycles. The van der Waals surface area contributed by atoms with Crippen LogP contribution < -0.4 is 5.73 Å². The Morgan fingerprint density at radius 2 is 2.00 bits per heavy atom. The summed E-state index contributed by atoms with van der Waals surface area (Å²) in [7, 11) is 2.16. The molecule has 2 unspecified atom stereocenters. The summed E-state index contributed by atoms with van der Waals surface area (Å²) >= 11 is 5.46. The molecule has 1 aromatic heterocycles. The fraction of sp³-hybridized carbons (Fsp3) is 0.375. The van der Waals surface area contributed by atoms with Gasteiger partial charge in [-0.2, -0.15) is 0 Å². The first-order valence-electron chi connectivity index (χ1n) is 6.82. The Hall–Kier alpha value is -0.680. The molecular weight excluding hydrogens is 332 g/mol. The molecule has 1 heterocycles. The second kappa shape index (κ2) is 7.36. The summed E-state index contributed by atoms with van der Waals surface area (Å²) in [6.07, 6.45) is 1.06. The van der Waals surface area contributed by atoms with Gasteiger partial charge in [-0.25, -0.2) is 0 Å². The van der Waals surface area contributed by atoms with Crippen LogP contribution in [0.5, 0.6) is 0 Å². The van der Waals surface area contributed by atoms with E-state index in [0.29, 0.717) is 12.6 Å². The van der Waals surface area contributed by atoms with Crippen molar-refractivity contribution in [1.29, 1.82) is 0 Å². The molecule has 0 aliphatic heterocycles. The lowest BCUT2D eigenvalue weighted by atomic mass is 10.0. The predicted molar refractivity (Wildman–Crippen MR) is 91.2 cm³/mol. The van der Waals surface area contributed by atoms with Crippen molar-refractivity contribution in [1.82, 2.24) is 4.90 Å². The molecule has 4 heteroatoms. The molecular formula is C16H21BrN2S. The molecule has 0 aliphatic rings. The molecule has 108 valence electrons. The van der Waals surface area contributed by atoms with Gasteiger partial charge in [-0.3, -0.25) is 4.90 Å². The summed E-state index contributed by atoms with van der Waals surface area (Å²) in [4.78, 5) is 3.80. The van der Waals surface area contributed by atoms with Gasteiger partial charge in [0, 0.05) is 28.0 Å². The van der Waals surface area contributed by atoms with Crippen molar-refractivity contribution in [3.63, 3.8) is 0 Å². The summed E-state index contributed by atoms with van der Waals surface area (Å²) in [5, 5.41) is 2.14. The van der Waals surface area contributed by atoms with Crippen molar-refractivity contribution < 1.29 is 0 Å². The molecule has 2 N–H and O–H groups in total. The lowest BCUT2D eigenvalue weighted by Crippen LogP contribution is -2.38. The average Bonchev–Trinajstić information content (AvgIpc) is 2.94. The van der Waals surface area contributed by atoms with Crippen LogP contribution in [0.15, 0.2) is 46.3 Å². The SMILES string of the molecule is CC(Cc1cccs1)N(C)C(CN)c1ccccc1Br. The molecule has 0 amide bonds. The van der Waals surface area contributed by atoms with Crippen LogP contribution in [0, 0.1) is 0 Å². The maximum Gasteiger partial charge on any atom is 0.0481 e. The molecule has 0 saturated carbocycles. The first-order chi connectivity index (χ1) is 9.63. The highest BCUT2D eigenvalue weighted by Crippen LogP contribution is 2.28. The number of nitrogens with two attached hydrogens (primary N) is 1. The van der Waals surface area contributed by atoms with Crippen molar-refractivity contribution in [3.05, 3.63) is 56.7 Å². The standard InChI is InChI=1S/C16H21BrN2S/c1-12(10-13-6-5-9-20-13)19(2)16(11-18)14-7-3-4-8-15(14)17/h3-9,12,16H,10-11,18H2,1-2H3. The lowest BCUT2D eigenvalue weighted by molar-refractivity contribution is 0.188. The van der Waals surface area contributed by atoms with Gasteiger partial charge >= 0.3 is 0 Å². The van der Waals surface area contributed by atoms with Crippen molar-refractivity contribution in [2.75, 3.05) is 13.6 Å².